The van der Waals surface area contributed by atoms with Crippen LogP contribution in [0, 0.1) is 5.92 Å². The van der Waals surface area contributed by atoms with Gasteiger partial charge < -0.3 is 5.32 Å². The average Bonchev–Trinajstić information content (AvgIpc) is 2.87. The van der Waals surface area contributed by atoms with Crippen molar-refractivity contribution in [3.05, 3.63) is 10.8 Å². The Bertz CT molecular complexity index is 257. The Hall–Kier alpha value is -0.710. The Balaban J connectivity index is 1.89. The first-order valence-corrected chi connectivity index (χ1v) is 4.73. The maximum absolute atomic E-state index is 4.05. The van der Waals surface area contributed by atoms with Crippen molar-refractivity contribution in [1.82, 2.24) is 15.2 Å². The third-order valence-corrected chi connectivity index (χ3v) is 2.14. The van der Waals surface area contributed by atoms with Gasteiger partial charge in [-0.05, 0) is 34.7 Å². The lowest BCUT2D eigenvalue weighted by Gasteiger charge is -2.00. The molecule has 1 aliphatic rings. The van der Waals surface area contributed by atoms with E-state index in [1.165, 1.54) is 12.8 Å². The highest BCUT2D eigenvalue weighted by Gasteiger charge is 2.20. The predicted molar refractivity (Wildman–Crippen MR) is 48.7 cm³/mol. The second kappa shape index (κ2) is 3.35. The van der Waals surface area contributed by atoms with Gasteiger partial charge in [0.25, 0.3) is 0 Å². The lowest BCUT2D eigenvalue weighted by Crippen LogP contribution is -2.07. The van der Waals surface area contributed by atoms with Crippen LogP contribution in [-0.2, 0) is 0 Å². The second-order valence-corrected chi connectivity index (χ2v) is 3.74. The van der Waals surface area contributed by atoms with Crippen molar-refractivity contribution in [3.63, 3.8) is 0 Å². The molecule has 1 fully saturated rings. The number of rotatable bonds is 3. The Labute approximate surface area is 78.9 Å². The Kier molecular flexibility index (Phi) is 2.21. The fourth-order valence-corrected chi connectivity index (χ4v) is 1.08. The van der Waals surface area contributed by atoms with E-state index < -0.39 is 0 Å². The molecule has 1 aliphatic carbocycles. The maximum Gasteiger partial charge on any atom is 0.242 e. The molecular formula is C7H9BrN4. The first-order chi connectivity index (χ1) is 5.84. The van der Waals surface area contributed by atoms with Crippen molar-refractivity contribution < 1.29 is 0 Å². The zero-order valence-corrected chi connectivity index (χ0v) is 8.08. The van der Waals surface area contributed by atoms with Crippen molar-refractivity contribution >= 4 is 21.9 Å². The summed E-state index contributed by atoms with van der Waals surface area (Å²) < 4.78 is 0.666. The molecule has 0 atom stereocenters. The molecule has 0 aliphatic heterocycles. The molecule has 2 rings (SSSR count). The van der Waals surface area contributed by atoms with Crippen molar-refractivity contribution in [2.75, 3.05) is 11.9 Å². The van der Waals surface area contributed by atoms with Crippen molar-refractivity contribution in [1.29, 1.82) is 0 Å². The monoisotopic (exact) mass is 228 g/mol. The molecule has 1 N–H and O–H groups in total. The van der Waals surface area contributed by atoms with E-state index in [9.17, 15) is 0 Å². The van der Waals surface area contributed by atoms with E-state index >= 15 is 0 Å². The molecule has 12 heavy (non-hydrogen) atoms. The van der Waals surface area contributed by atoms with Crippen molar-refractivity contribution in [2.24, 2.45) is 5.92 Å². The van der Waals surface area contributed by atoms with Crippen LogP contribution in [0.3, 0.4) is 0 Å². The van der Waals surface area contributed by atoms with Crippen LogP contribution < -0.4 is 5.32 Å². The molecule has 1 aromatic rings. The zero-order chi connectivity index (χ0) is 8.39. The smallest absolute Gasteiger partial charge is 0.242 e. The molecule has 0 amide bonds. The van der Waals surface area contributed by atoms with E-state index in [0.717, 1.165) is 12.5 Å². The van der Waals surface area contributed by atoms with Gasteiger partial charge in [0, 0.05) is 6.54 Å². The van der Waals surface area contributed by atoms with Gasteiger partial charge >= 0.3 is 0 Å². The fourth-order valence-electron chi connectivity index (χ4n) is 0.900. The minimum Gasteiger partial charge on any atom is -0.353 e. The Morgan fingerprint density at radius 2 is 2.33 bits per heavy atom. The summed E-state index contributed by atoms with van der Waals surface area (Å²) in [4.78, 5) is 4.05. The third-order valence-electron chi connectivity index (χ3n) is 1.78. The Morgan fingerprint density at radius 1 is 1.50 bits per heavy atom. The van der Waals surface area contributed by atoms with Crippen LogP contribution >= 0.6 is 15.9 Å². The summed E-state index contributed by atoms with van der Waals surface area (Å²) in [7, 11) is 0. The molecule has 1 saturated carbocycles. The van der Waals surface area contributed by atoms with Crippen LogP contribution in [0.4, 0.5) is 5.95 Å². The largest absolute Gasteiger partial charge is 0.353 e. The first kappa shape index (κ1) is 7.91. The number of hydrogen-bond acceptors (Lipinski definition) is 4. The van der Waals surface area contributed by atoms with Gasteiger partial charge in [-0.3, -0.25) is 0 Å². The summed E-state index contributed by atoms with van der Waals surface area (Å²) in [5.41, 5.74) is 0. The van der Waals surface area contributed by atoms with Gasteiger partial charge in [-0.25, -0.2) is 4.98 Å². The van der Waals surface area contributed by atoms with Crippen LogP contribution in [0.5, 0.6) is 0 Å². The number of aromatic nitrogens is 3. The summed E-state index contributed by atoms with van der Waals surface area (Å²) in [5.74, 6) is 1.45. The molecule has 1 aromatic heterocycles. The first-order valence-electron chi connectivity index (χ1n) is 3.93. The van der Waals surface area contributed by atoms with Gasteiger partial charge in [-0.2, -0.15) is 0 Å². The third kappa shape index (κ3) is 2.14. The van der Waals surface area contributed by atoms with E-state index in [1.54, 1.807) is 6.20 Å². The number of halogens is 1. The van der Waals surface area contributed by atoms with Gasteiger partial charge in [0.1, 0.15) is 4.60 Å². The predicted octanol–water partition coefficient (Wildman–Crippen LogP) is 1.46. The standard InChI is InChI=1S/C7H9BrN4/c8-6-4-10-7(12-11-6)9-3-5-1-2-5/h4-5H,1-3H2,(H,9,10,12). The molecule has 0 bridgehead atoms. The van der Waals surface area contributed by atoms with Crippen LogP contribution in [0.25, 0.3) is 0 Å². The van der Waals surface area contributed by atoms with E-state index in [4.69, 9.17) is 0 Å². The molecule has 0 spiro atoms. The van der Waals surface area contributed by atoms with E-state index in [-0.39, 0.29) is 0 Å². The molecule has 4 nitrogen and oxygen atoms in total. The second-order valence-electron chi connectivity index (χ2n) is 2.93. The van der Waals surface area contributed by atoms with Crippen molar-refractivity contribution in [2.45, 2.75) is 12.8 Å². The van der Waals surface area contributed by atoms with Gasteiger partial charge in [0.05, 0.1) is 6.20 Å². The van der Waals surface area contributed by atoms with Crippen LogP contribution in [0.1, 0.15) is 12.8 Å². The van der Waals surface area contributed by atoms with Crippen molar-refractivity contribution in [3.8, 4) is 0 Å². The summed E-state index contributed by atoms with van der Waals surface area (Å²) in [5, 5.41) is 10.8. The SMILES string of the molecule is Brc1cnc(NCC2CC2)nn1. The quantitative estimate of drug-likeness (QED) is 0.852. The van der Waals surface area contributed by atoms with Crippen LogP contribution in [0.15, 0.2) is 10.8 Å². The molecule has 0 radical (unpaired) electrons. The highest BCUT2D eigenvalue weighted by atomic mass is 79.9. The molecule has 1 heterocycles. The lowest BCUT2D eigenvalue weighted by atomic mass is 10.4. The summed E-state index contributed by atoms with van der Waals surface area (Å²) >= 11 is 3.17. The van der Waals surface area contributed by atoms with E-state index in [0.29, 0.717) is 10.6 Å². The highest BCUT2D eigenvalue weighted by molar-refractivity contribution is 9.10. The summed E-state index contributed by atoms with van der Waals surface area (Å²) in [6, 6.07) is 0. The molecule has 0 saturated heterocycles. The molecule has 0 aromatic carbocycles. The molecule has 5 heteroatoms. The van der Waals surface area contributed by atoms with E-state index in [2.05, 4.69) is 36.4 Å². The fraction of sp³-hybridized carbons (Fsp3) is 0.571. The Morgan fingerprint density at radius 3 is 2.92 bits per heavy atom. The highest BCUT2D eigenvalue weighted by Crippen LogP contribution is 2.28. The van der Waals surface area contributed by atoms with E-state index in [1.807, 2.05) is 0 Å². The van der Waals surface area contributed by atoms with Gasteiger partial charge in [0.15, 0.2) is 0 Å². The van der Waals surface area contributed by atoms with Crippen LogP contribution in [0.2, 0.25) is 0 Å². The van der Waals surface area contributed by atoms with Gasteiger partial charge in [0.2, 0.25) is 5.95 Å². The normalized spacial score (nSPS) is 16.1. The average molecular weight is 229 g/mol. The summed E-state index contributed by atoms with van der Waals surface area (Å²) in [6.07, 6.45) is 4.30. The summed E-state index contributed by atoms with van der Waals surface area (Å²) in [6.45, 7) is 0.976. The molecular weight excluding hydrogens is 220 g/mol. The topological polar surface area (TPSA) is 50.7 Å². The number of anilines is 1. The van der Waals surface area contributed by atoms with Gasteiger partial charge in [-0.15, -0.1) is 10.2 Å². The maximum atomic E-state index is 4.05. The zero-order valence-electron chi connectivity index (χ0n) is 6.50. The minimum absolute atomic E-state index is 0.616. The number of hydrogen-bond donors (Lipinski definition) is 1. The lowest BCUT2D eigenvalue weighted by molar-refractivity contribution is 0.852. The minimum atomic E-state index is 0.616. The van der Waals surface area contributed by atoms with Gasteiger partial charge in [-0.1, -0.05) is 0 Å². The number of nitrogens with zero attached hydrogens (tertiary/aromatic N) is 3. The number of nitrogens with one attached hydrogen (secondary N) is 1. The molecule has 64 valence electrons. The van der Waals surface area contributed by atoms with Crippen LogP contribution in [-0.4, -0.2) is 21.7 Å². The molecule has 0 unspecified atom stereocenters.